The second-order valence-corrected chi connectivity index (χ2v) is 10.5. The summed E-state index contributed by atoms with van der Waals surface area (Å²) in [6.45, 7) is 6.32. The average molecular weight is 548 g/mol. The van der Waals surface area contributed by atoms with E-state index in [2.05, 4.69) is 37.4 Å². The fourth-order valence-electron chi connectivity index (χ4n) is 5.47. The van der Waals surface area contributed by atoms with Crippen LogP contribution in [0.3, 0.4) is 0 Å². The number of ether oxygens (including phenoxy) is 1. The second kappa shape index (κ2) is 16.0. The molecule has 0 saturated heterocycles. The lowest BCUT2D eigenvalue weighted by Gasteiger charge is -2.31. The fourth-order valence-corrected chi connectivity index (χ4v) is 5.47. The zero-order valence-electron chi connectivity index (χ0n) is 24.1. The second-order valence-electron chi connectivity index (χ2n) is 10.5. The first kappa shape index (κ1) is 31.1. The van der Waals surface area contributed by atoms with Crippen molar-refractivity contribution >= 4 is 22.6 Å². The van der Waals surface area contributed by atoms with Gasteiger partial charge < -0.3 is 25.8 Å². The minimum atomic E-state index is -0.848. The molecule has 0 aliphatic carbocycles. The lowest BCUT2D eigenvalue weighted by molar-refractivity contribution is -0.132. The molecule has 3 aromatic rings. The van der Waals surface area contributed by atoms with Gasteiger partial charge in [0.1, 0.15) is 5.75 Å². The third-order valence-corrected chi connectivity index (χ3v) is 7.54. The molecule has 0 bridgehead atoms. The Bertz CT molecular complexity index is 1220. The molecule has 3 rings (SSSR count). The van der Waals surface area contributed by atoms with E-state index < -0.39 is 23.8 Å². The number of primary amides is 1. The maximum absolute atomic E-state index is 13.0. The number of nitrogens with two attached hydrogens (primary N) is 1. The van der Waals surface area contributed by atoms with E-state index in [1.54, 1.807) is 7.11 Å². The highest BCUT2D eigenvalue weighted by molar-refractivity contribution is 5.86. The van der Waals surface area contributed by atoms with Crippen LogP contribution in [0.25, 0.3) is 10.8 Å². The molecule has 3 atom stereocenters. The number of carbonyl (C=O) groups is 2. The monoisotopic (exact) mass is 547 g/mol. The van der Waals surface area contributed by atoms with E-state index in [1.807, 2.05) is 53.4 Å². The van der Waals surface area contributed by atoms with Gasteiger partial charge in [0, 0.05) is 44.4 Å². The van der Waals surface area contributed by atoms with Gasteiger partial charge in [0.05, 0.1) is 13.2 Å². The standard InChI is InChI=1S/C33H45N3O4/c1-4-18-36(19-5-2)32(38)17-16-29(33(34)39)30(21-26-13-9-12-25-11-6-7-15-28(25)26)31(37)23-35-22-24-10-8-14-27(20-24)40-3/h6-15,20,29-31,35,37H,4-5,16-19,21-23H2,1-3H3,(H2,34,39)/t29?,30-,31-/m0/s1. The number of fused-ring (bicyclic) bond motifs is 1. The van der Waals surface area contributed by atoms with E-state index in [-0.39, 0.29) is 18.9 Å². The van der Waals surface area contributed by atoms with Gasteiger partial charge in [-0.3, -0.25) is 9.59 Å². The van der Waals surface area contributed by atoms with Crippen molar-refractivity contribution in [2.75, 3.05) is 26.7 Å². The van der Waals surface area contributed by atoms with E-state index in [0.29, 0.717) is 32.5 Å². The lowest BCUT2D eigenvalue weighted by Crippen LogP contribution is -2.43. The molecule has 0 radical (unpaired) electrons. The Morgan fingerprint density at radius 3 is 2.40 bits per heavy atom. The number of rotatable bonds is 17. The number of hydrogen-bond acceptors (Lipinski definition) is 5. The number of carbonyl (C=O) groups excluding carboxylic acids is 2. The fraction of sp³-hybridized carbons (Fsp3) is 0.455. The van der Waals surface area contributed by atoms with Crippen LogP contribution in [-0.2, 0) is 22.6 Å². The van der Waals surface area contributed by atoms with Gasteiger partial charge in [-0.2, -0.15) is 0 Å². The maximum Gasteiger partial charge on any atom is 0.222 e. The molecule has 7 heteroatoms. The molecular formula is C33H45N3O4. The molecule has 4 N–H and O–H groups in total. The summed E-state index contributed by atoms with van der Waals surface area (Å²) in [4.78, 5) is 27.8. The van der Waals surface area contributed by atoms with Gasteiger partial charge in [-0.1, -0.05) is 68.4 Å². The quantitative estimate of drug-likeness (QED) is 0.227. The van der Waals surface area contributed by atoms with Gasteiger partial charge >= 0.3 is 0 Å². The molecule has 0 aromatic heterocycles. The third kappa shape index (κ3) is 8.80. The molecular weight excluding hydrogens is 502 g/mol. The number of hydrogen-bond donors (Lipinski definition) is 3. The van der Waals surface area contributed by atoms with Crippen molar-refractivity contribution in [3.63, 3.8) is 0 Å². The highest BCUT2D eigenvalue weighted by atomic mass is 16.5. The summed E-state index contributed by atoms with van der Waals surface area (Å²) in [5.74, 6) is -0.791. The summed E-state index contributed by atoms with van der Waals surface area (Å²) in [6, 6.07) is 22.0. The van der Waals surface area contributed by atoms with Crippen molar-refractivity contribution in [3.8, 4) is 5.75 Å². The van der Waals surface area contributed by atoms with Gasteiger partial charge in [0.2, 0.25) is 11.8 Å². The van der Waals surface area contributed by atoms with Crippen LogP contribution in [0.5, 0.6) is 5.75 Å². The van der Waals surface area contributed by atoms with E-state index in [1.165, 1.54) is 0 Å². The molecule has 0 heterocycles. The number of aliphatic hydroxyl groups excluding tert-OH is 1. The highest BCUT2D eigenvalue weighted by Crippen LogP contribution is 2.29. The van der Waals surface area contributed by atoms with E-state index in [0.717, 1.165) is 40.5 Å². The molecule has 0 spiro atoms. The SMILES string of the molecule is CCCN(CCC)C(=O)CCC(C(N)=O)[C@H](Cc1cccc2ccccc12)[C@@H](O)CNCc1cccc(OC)c1. The van der Waals surface area contributed by atoms with Crippen molar-refractivity contribution in [2.24, 2.45) is 17.6 Å². The summed E-state index contributed by atoms with van der Waals surface area (Å²) < 4.78 is 5.31. The number of methoxy groups -OCH3 is 1. The Balaban J connectivity index is 1.81. The molecule has 40 heavy (non-hydrogen) atoms. The summed E-state index contributed by atoms with van der Waals surface area (Å²) >= 11 is 0. The van der Waals surface area contributed by atoms with Crippen molar-refractivity contribution in [3.05, 3.63) is 77.9 Å². The van der Waals surface area contributed by atoms with Crippen LogP contribution in [0.4, 0.5) is 0 Å². The predicted octanol–water partition coefficient (Wildman–Crippen LogP) is 4.69. The third-order valence-electron chi connectivity index (χ3n) is 7.54. The summed E-state index contributed by atoms with van der Waals surface area (Å²) in [5, 5.41) is 17.0. The van der Waals surface area contributed by atoms with Gasteiger partial charge in [0.25, 0.3) is 0 Å². The molecule has 0 aliphatic heterocycles. The number of benzene rings is 3. The first-order valence-corrected chi connectivity index (χ1v) is 14.4. The van der Waals surface area contributed by atoms with E-state index in [4.69, 9.17) is 10.5 Å². The largest absolute Gasteiger partial charge is 0.497 e. The van der Waals surface area contributed by atoms with Crippen LogP contribution < -0.4 is 15.8 Å². The number of amides is 2. The number of nitrogens with one attached hydrogen (secondary N) is 1. The molecule has 0 aliphatic rings. The normalized spacial score (nSPS) is 13.5. The molecule has 3 aromatic carbocycles. The Morgan fingerprint density at radius 2 is 1.70 bits per heavy atom. The topological polar surface area (TPSA) is 105 Å². The van der Waals surface area contributed by atoms with Crippen LogP contribution >= 0.6 is 0 Å². The van der Waals surface area contributed by atoms with E-state index >= 15 is 0 Å². The predicted molar refractivity (Wildman–Crippen MR) is 161 cm³/mol. The van der Waals surface area contributed by atoms with Crippen LogP contribution in [0.2, 0.25) is 0 Å². The van der Waals surface area contributed by atoms with Crippen LogP contribution in [0.1, 0.15) is 50.7 Å². The Kier molecular flexibility index (Phi) is 12.4. The summed E-state index contributed by atoms with van der Waals surface area (Å²) in [6.07, 6.45) is 1.92. The molecule has 216 valence electrons. The van der Waals surface area contributed by atoms with Crippen molar-refractivity contribution in [1.29, 1.82) is 0 Å². The Labute approximate surface area is 238 Å². The number of aliphatic hydroxyl groups is 1. The molecule has 0 fully saturated rings. The highest BCUT2D eigenvalue weighted by Gasteiger charge is 2.33. The van der Waals surface area contributed by atoms with Gasteiger partial charge in [-0.25, -0.2) is 0 Å². The molecule has 7 nitrogen and oxygen atoms in total. The Morgan fingerprint density at radius 1 is 1.00 bits per heavy atom. The summed E-state index contributed by atoms with van der Waals surface area (Å²) in [7, 11) is 1.63. The van der Waals surface area contributed by atoms with Gasteiger partial charge in [-0.15, -0.1) is 0 Å². The lowest BCUT2D eigenvalue weighted by atomic mass is 9.78. The van der Waals surface area contributed by atoms with Gasteiger partial charge in [-0.05, 0) is 59.7 Å². The van der Waals surface area contributed by atoms with Crippen LogP contribution in [0.15, 0.2) is 66.7 Å². The van der Waals surface area contributed by atoms with Crippen LogP contribution in [0, 0.1) is 11.8 Å². The zero-order chi connectivity index (χ0) is 28.9. The molecule has 0 saturated carbocycles. The van der Waals surface area contributed by atoms with Crippen molar-refractivity contribution in [2.45, 2.75) is 58.6 Å². The summed E-state index contributed by atoms with van der Waals surface area (Å²) in [5.41, 5.74) is 8.04. The number of nitrogens with zero attached hydrogens (tertiary/aromatic N) is 1. The van der Waals surface area contributed by atoms with Crippen LogP contribution in [-0.4, -0.2) is 54.7 Å². The average Bonchev–Trinajstić information content (AvgIpc) is 2.96. The maximum atomic E-state index is 13.0. The smallest absolute Gasteiger partial charge is 0.222 e. The zero-order valence-corrected chi connectivity index (χ0v) is 24.1. The molecule has 2 amide bonds. The van der Waals surface area contributed by atoms with E-state index in [9.17, 15) is 14.7 Å². The first-order chi connectivity index (χ1) is 19.4. The minimum absolute atomic E-state index is 0.0319. The Hall–Kier alpha value is -3.42. The first-order valence-electron chi connectivity index (χ1n) is 14.4. The molecule has 1 unspecified atom stereocenters. The van der Waals surface area contributed by atoms with Crippen molar-refractivity contribution in [1.82, 2.24) is 10.2 Å². The van der Waals surface area contributed by atoms with Gasteiger partial charge in [0.15, 0.2) is 0 Å². The minimum Gasteiger partial charge on any atom is -0.497 e. The van der Waals surface area contributed by atoms with Crippen molar-refractivity contribution < 1.29 is 19.4 Å².